The molecular formula is C20H35N5S. The van der Waals surface area contributed by atoms with Crippen LogP contribution in [0.25, 0.3) is 0 Å². The molecule has 0 spiro atoms. The fraction of sp³-hybridized carbons (Fsp3) is 0.750. The van der Waals surface area contributed by atoms with Crippen LogP contribution in [0.4, 0.5) is 5.00 Å². The van der Waals surface area contributed by atoms with Crippen LogP contribution in [0.15, 0.2) is 22.5 Å². The van der Waals surface area contributed by atoms with E-state index in [0.717, 1.165) is 38.7 Å². The topological polar surface area (TPSA) is 42.9 Å². The summed E-state index contributed by atoms with van der Waals surface area (Å²) >= 11 is 1.84. The van der Waals surface area contributed by atoms with E-state index >= 15 is 0 Å². The fourth-order valence-corrected chi connectivity index (χ4v) is 4.87. The van der Waals surface area contributed by atoms with Crippen molar-refractivity contribution in [3.05, 3.63) is 17.5 Å². The molecule has 0 radical (unpaired) electrons. The van der Waals surface area contributed by atoms with Crippen LogP contribution in [0.3, 0.4) is 0 Å². The summed E-state index contributed by atoms with van der Waals surface area (Å²) in [6.45, 7) is 10.9. The summed E-state index contributed by atoms with van der Waals surface area (Å²) in [6, 6.07) is 5.51. The second-order valence-corrected chi connectivity index (χ2v) is 8.28. The molecule has 0 aliphatic carbocycles. The van der Waals surface area contributed by atoms with Gasteiger partial charge in [-0.3, -0.25) is 9.89 Å². The van der Waals surface area contributed by atoms with Gasteiger partial charge in [-0.2, -0.15) is 0 Å². The van der Waals surface area contributed by atoms with E-state index < -0.39 is 0 Å². The van der Waals surface area contributed by atoms with Crippen molar-refractivity contribution in [2.75, 3.05) is 44.2 Å². The number of piperidine rings is 2. The normalized spacial score (nSPS) is 23.2. The van der Waals surface area contributed by atoms with Crippen molar-refractivity contribution in [3.63, 3.8) is 0 Å². The highest BCUT2D eigenvalue weighted by atomic mass is 32.1. The molecular weight excluding hydrogens is 342 g/mol. The van der Waals surface area contributed by atoms with Gasteiger partial charge in [0.1, 0.15) is 0 Å². The van der Waals surface area contributed by atoms with Gasteiger partial charge in [0.2, 0.25) is 0 Å². The first kappa shape index (κ1) is 19.5. The van der Waals surface area contributed by atoms with Crippen molar-refractivity contribution in [2.45, 2.75) is 58.0 Å². The lowest BCUT2D eigenvalue weighted by Gasteiger charge is -2.35. The standard InChI is InChI=1S/C20H35N5S/c1-3-21-20(22-16-18-8-5-6-12-24(18)4-2)23-17-10-13-25(14-11-17)19-9-7-15-26-19/h7,9,15,17-18H,3-6,8,10-14,16H2,1-2H3,(H2,21,22,23). The van der Waals surface area contributed by atoms with Gasteiger partial charge in [-0.05, 0) is 63.2 Å². The molecule has 1 atom stereocenters. The van der Waals surface area contributed by atoms with Crippen molar-refractivity contribution >= 4 is 22.3 Å². The lowest BCUT2D eigenvalue weighted by Crippen LogP contribution is -2.49. The molecule has 1 unspecified atom stereocenters. The van der Waals surface area contributed by atoms with E-state index in [0.29, 0.717) is 12.1 Å². The summed E-state index contributed by atoms with van der Waals surface area (Å²) in [7, 11) is 0. The predicted molar refractivity (Wildman–Crippen MR) is 114 cm³/mol. The zero-order chi connectivity index (χ0) is 18.2. The highest BCUT2D eigenvalue weighted by Gasteiger charge is 2.22. The average Bonchev–Trinajstić information content (AvgIpc) is 3.22. The molecule has 0 saturated carbocycles. The van der Waals surface area contributed by atoms with E-state index in [2.05, 4.69) is 51.8 Å². The summed E-state index contributed by atoms with van der Waals surface area (Å²) in [6.07, 6.45) is 6.33. The Morgan fingerprint density at radius 3 is 2.73 bits per heavy atom. The Kier molecular flexibility index (Phi) is 7.62. The van der Waals surface area contributed by atoms with Crippen LogP contribution in [-0.2, 0) is 0 Å². The number of anilines is 1. The molecule has 0 aromatic carbocycles. The molecule has 2 N–H and O–H groups in total. The van der Waals surface area contributed by atoms with E-state index in [1.165, 1.54) is 43.6 Å². The van der Waals surface area contributed by atoms with Crippen LogP contribution in [0.5, 0.6) is 0 Å². The summed E-state index contributed by atoms with van der Waals surface area (Å²) in [5.74, 6) is 1.00. The largest absolute Gasteiger partial charge is 0.363 e. The molecule has 0 amide bonds. The molecule has 146 valence electrons. The highest BCUT2D eigenvalue weighted by molar-refractivity contribution is 7.14. The number of nitrogens with one attached hydrogen (secondary N) is 2. The number of aliphatic imine (C=N–C) groups is 1. The van der Waals surface area contributed by atoms with Crippen LogP contribution in [0, 0.1) is 0 Å². The molecule has 2 saturated heterocycles. The first-order chi connectivity index (χ1) is 12.8. The summed E-state index contributed by atoms with van der Waals surface area (Å²) in [4.78, 5) is 10.0. The Balaban J connectivity index is 1.50. The molecule has 1 aromatic heterocycles. The fourth-order valence-electron chi connectivity index (χ4n) is 4.09. The number of guanidine groups is 1. The molecule has 2 aliphatic heterocycles. The van der Waals surface area contributed by atoms with Gasteiger partial charge in [0.05, 0.1) is 11.5 Å². The summed E-state index contributed by atoms with van der Waals surface area (Å²) in [5, 5.41) is 10.7. The second kappa shape index (κ2) is 10.2. The Hall–Kier alpha value is -1.27. The number of rotatable bonds is 6. The average molecular weight is 378 g/mol. The third kappa shape index (κ3) is 5.36. The Morgan fingerprint density at radius 2 is 2.04 bits per heavy atom. The van der Waals surface area contributed by atoms with Crippen molar-refractivity contribution in [1.29, 1.82) is 0 Å². The maximum absolute atomic E-state index is 4.94. The third-order valence-electron chi connectivity index (χ3n) is 5.61. The van der Waals surface area contributed by atoms with Gasteiger partial charge in [0.15, 0.2) is 5.96 Å². The molecule has 2 aliphatic rings. The number of likely N-dealkylation sites (N-methyl/N-ethyl adjacent to an activating group) is 1. The van der Waals surface area contributed by atoms with Crippen molar-refractivity contribution in [3.8, 4) is 0 Å². The van der Waals surface area contributed by atoms with Gasteiger partial charge in [-0.15, -0.1) is 11.3 Å². The molecule has 26 heavy (non-hydrogen) atoms. The lowest BCUT2D eigenvalue weighted by atomic mass is 10.0. The summed E-state index contributed by atoms with van der Waals surface area (Å²) < 4.78 is 0. The maximum Gasteiger partial charge on any atom is 0.191 e. The van der Waals surface area contributed by atoms with E-state index in [4.69, 9.17) is 4.99 Å². The minimum atomic E-state index is 0.526. The van der Waals surface area contributed by atoms with Crippen LogP contribution >= 0.6 is 11.3 Å². The van der Waals surface area contributed by atoms with E-state index in [1.54, 1.807) is 0 Å². The first-order valence-corrected chi connectivity index (χ1v) is 11.3. The third-order valence-corrected chi connectivity index (χ3v) is 6.54. The van der Waals surface area contributed by atoms with E-state index in [1.807, 2.05) is 11.3 Å². The van der Waals surface area contributed by atoms with Crippen LogP contribution in [0.1, 0.15) is 46.0 Å². The SMILES string of the molecule is CCNC(=NCC1CCCCN1CC)NC1CCN(c2cccs2)CC1. The highest BCUT2D eigenvalue weighted by Crippen LogP contribution is 2.24. The van der Waals surface area contributed by atoms with Crippen LogP contribution in [0.2, 0.25) is 0 Å². The van der Waals surface area contributed by atoms with Gasteiger partial charge in [-0.25, -0.2) is 0 Å². The predicted octanol–water partition coefficient (Wildman–Crippen LogP) is 3.15. The minimum Gasteiger partial charge on any atom is -0.363 e. The monoisotopic (exact) mass is 377 g/mol. The smallest absolute Gasteiger partial charge is 0.191 e. The molecule has 3 heterocycles. The zero-order valence-electron chi connectivity index (χ0n) is 16.4. The van der Waals surface area contributed by atoms with Gasteiger partial charge >= 0.3 is 0 Å². The molecule has 1 aromatic rings. The van der Waals surface area contributed by atoms with E-state index in [9.17, 15) is 0 Å². The quantitative estimate of drug-likeness (QED) is 0.590. The molecule has 2 fully saturated rings. The number of hydrogen-bond acceptors (Lipinski definition) is 4. The van der Waals surface area contributed by atoms with Crippen LogP contribution < -0.4 is 15.5 Å². The molecule has 0 bridgehead atoms. The molecule has 5 nitrogen and oxygen atoms in total. The molecule has 3 rings (SSSR count). The van der Waals surface area contributed by atoms with Crippen molar-refractivity contribution in [2.24, 2.45) is 4.99 Å². The number of nitrogens with zero attached hydrogens (tertiary/aromatic N) is 3. The minimum absolute atomic E-state index is 0.526. The van der Waals surface area contributed by atoms with Gasteiger partial charge in [0, 0.05) is 31.7 Å². The summed E-state index contributed by atoms with van der Waals surface area (Å²) in [5.41, 5.74) is 0. The van der Waals surface area contributed by atoms with Crippen molar-refractivity contribution in [1.82, 2.24) is 15.5 Å². The van der Waals surface area contributed by atoms with Gasteiger partial charge in [-0.1, -0.05) is 13.3 Å². The van der Waals surface area contributed by atoms with Crippen LogP contribution in [-0.4, -0.2) is 62.2 Å². The number of hydrogen-bond donors (Lipinski definition) is 2. The lowest BCUT2D eigenvalue weighted by molar-refractivity contribution is 0.161. The Labute approximate surface area is 162 Å². The number of likely N-dealkylation sites (tertiary alicyclic amines) is 1. The van der Waals surface area contributed by atoms with E-state index in [-0.39, 0.29) is 0 Å². The number of thiophene rings is 1. The van der Waals surface area contributed by atoms with Gasteiger partial charge < -0.3 is 15.5 Å². The maximum atomic E-state index is 4.94. The zero-order valence-corrected chi connectivity index (χ0v) is 17.2. The molecule has 6 heteroatoms. The Morgan fingerprint density at radius 1 is 1.19 bits per heavy atom. The van der Waals surface area contributed by atoms with Gasteiger partial charge in [0.25, 0.3) is 0 Å². The first-order valence-electron chi connectivity index (χ1n) is 10.4. The Bertz CT molecular complexity index is 536. The van der Waals surface area contributed by atoms with Crippen molar-refractivity contribution < 1.29 is 0 Å². The second-order valence-electron chi connectivity index (χ2n) is 7.35.